The lowest BCUT2D eigenvalue weighted by Gasteiger charge is -2.31. The van der Waals surface area contributed by atoms with Gasteiger partial charge in [0.1, 0.15) is 6.61 Å². The summed E-state index contributed by atoms with van der Waals surface area (Å²) >= 11 is 0. The average molecular weight is 903 g/mol. The number of carbonyl (C=O) groups is 3. The zero-order valence-corrected chi connectivity index (χ0v) is 41.6. The van der Waals surface area contributed by atoms with Crippen molar-refractivity contribution < 1.29 is 38.2 Å². The van der Waals surface area contributed by atoms with Crippen LogP contribution >= 0.6 is 0 Å². The number of hydrogen-bond donors (Lipinski definition) is 1. The maximum Gasteiger partial charge on any atom is 0.362 e. The highest BCUT2D eigenvalue weighted by molar-refractivity contribution is 5.72. The minimum Gasteiger partial charge on any atom is -0.477 e. The first kappa shape index (κ1) is 60.7. The van der Waals surface area contributed by atoms with E-state index in [0.29, 0.717) is 19.3 Å². The smallest absolute Gasteiger partial charge is 0.362 e. The number of allylic oxidation sites excluding steroid dienone is 20. The van der Waals surface area contributed by atoms with Crippen molar-refractivity contribution in [3.05, 3.63) is 122 Å². The largest absolute Gasteiger partial charge is 0.477 e. The molecule has 0 aromatic rings. The second-order valence-corrected chi connectivity index (χ2v) is 17.3. The summed E-state index contributed by atoms with van der Waals surface area (Å²) in [6.45, 7) is 4.44. The number of unbranched alkanes of at least 4 members (excludes halogenated alkanes) is 9. The number of aliphatic carboxylic acids is 1. The number of nitrogens with zero attached hydrogens (tertiary/aromatic N) is 1. The number of rotatable bonds is 43. The summed E-state index contributed by atoms with van der Waals surface area (Å²) in [5, 5.41) is 9.65. The van der Waals surface area contributed by atoms with E-state index in [1.165, 1.54) is 12.8 Å². The van der Waals surface area contributed by atoms with Crippen molar-refractivity contribution in [2.75, 3.05) is 41.0 Å². The van der Waals surface area contributed by atoms with E-state index < -0.39 is 18.1 Å². The zero-order valence-electron chi connectivity index (χ0n) is 41.6. The number of carbonyl (C=O) groups excluding carboxylic acids is 2. The van der Waals surface area contributed by atoms with Crippen molar-refractivity contribution in [1.82, 2.24) is 0 Å². The molecule has 8 heteroatoms. The van der Waals surface area contributed by atoms with Crippen molar-refractivity contribution >= 4 is 17.9 Å². The molecule has 0 radical (unpaired) electrons. The molecule has 1 N–H and O–H groups in total. The molecule has 0 aromatic carbocycles. The van der Waals surface area contributed by atoms with Gasteiger partial charge in [0.05, 0.1) is 34.4 Å². The summed E-state index contributed by atoms with van der Waals surface area (Å²) < 4.78 is 17.3. The van der Waals surface area contributed by atoms with Crippen LogP contribution in [0.5, 0.6) is 0 Å². The fourth-order valence-electron chi connectivity index (χ4n) is 6.55. The topological polar surface area (TPSA) is 99.1 Å². The predicted octanol–water partition coefficient (Wildman–Crippen LogP) is 14.6. The Bertz CT molecular complexity index is 1470. The average Bonchev–Trinajstić information content (AvgIpc) is 3.27. The van der Waals surface area contributed by atoms with E-state index in [1.807, 2.05) is 21.1 Å². The molecule has 65 heavy (non-hydrogen) atoms. The minimum atomic E-state index is -0.888. The number of hydrogen-bond acceptors (Lipinski definition) is 6. The van der Waals surface area contributed by atoms with E-state index in [9.17, 15) is 19.5 Å². The molecule has 0 aromatic heterocycles. The Morgan fingerprint density at radius 3 is 1.22 bits per heavy atom. The van der Waals surface area contributed by atoms with Gasteiger partial charge >= 0.3 is 17.9 Å². The van der Waals surface area contributed by atoms with Gasteiger partial charge in [-0.05, 0) is 103 Å². The molecule has 366 valence electrons. The van der Waals surface area contributed by atoms with Gasteiger partial charge in [-0.2, -0.15) is 0 Å². The van der Waals surface area contributed by atoms with Crippen molar-refractivity contribution in [2.45, 2.75) is 180 Å². The molecule has 0 saturated heterocycles. The number of ether oxygens (including phenoxy) is 3. The highest BCUT2D eigenvalue weighted by Crippen LogP contribution is 2.13. The summed E-state index contributed by atoms with van der Waals surface area (Å²) in [6.07, 6.45) is 65.3. The van der Waals surface area contributed by atoms with Gasteiger partial charge in [0.2, 0.25) is 0 Å². The van der Waals surface area contributed by atoms with Crippen LogP contribution in [0.1, 0.15) is 168 Å². The van der Waals surface area contributed by atoms with Crippen molar-refractivity contribution in [3.63, 3.8) is 0 Å². The van der Waals surface area contributed by atoms with Crippen LogP contribution in [0.3, 0.4) is 0 Å². The third-order valence-corrected chi connectivity index (χ3v) is 10.4. The Morgan fingerprint density at radius 1 is 0.462 bits per heavy atom. The molecule has 0 heterocycles. The maximum atomic E-state index is 12.8. The summed E-state index contributed by atoms with van der Waals surface area (Å²) in [4.78, 5) is 37.2. The van der Waals surface area contributed by atoms with Crippen LogP contribution in [0.25, 0.3) is 0 Å². The molecular formula is C57H92NO7+. The van der Waals surface area contributed by atoms with Crippen LogP contribution in [0, 0.1) is 0 Å². The number of carboxylic acids is 1. The molecular weight excluding hydrogens is 811 g/mol. The molecule has 8 nitrogen and oxygen atoms in total. The molecule has 0 fully saturated rings. The van der Waals surface area contributed by atoms with Gasteiger partial charge in [-0.1, -0.05) is 167 Å². The lowest BCUT2D eigenvalue weighted by Crippen LogP contribution is -2.50. The molecule has 0 saturated carbocycles. The molecule has 0 aliphatic rings. The van der Waals surface area contributed by atoms with Crippen LogP contribution in [0.4, 0.5) is 0 Å². The van der Waals surface area contributed by atoms with Crippen molar-refractivity contribution in [2.24, 2.45) is 0 Å². The Kier molecular flexibility index (Phi) is 43.2. The second-order valence-electron chi connectivity index (χ2n) is 17.3. The SMILES string of the molecule is CC/C=C/C/C=C/C/C=C/C/C=C/C/C=C/C/C=C/CCCCCC(=O)OCC(COCCC(C(=O)O)[N+](C)(C)C)OC(=O)CCCCCCCC/C=C/C/C=C/C/C=C/C/C=C/CC. The summed E-state index contributed by atoms with van der Waals surface area (Å²) in [5.74, 6) is -1.54. The van der Waals surface area contributed by atoms with Gasteiger partial charge in [-0.3, -0.25) is 9.59 Å². The van der Waals surface area contributed by atoms with Crippen LogP contribution in [0.15, 0.2) is 122 Å². The number of quaternary nitrogens is 1. The fourth-order valence-corrected chi connectivity index (χ4v) is 6.55. The summed E-state index contributed by atoms with van der Waals surface area (Å²) in [7, 11) is 5.50. The first-order chi connectivity index (χ1) is 31.6. The van der Waals surface area contributed by atoms with E-state index in [0.717, 1.165) is 122 Å². The van der Waals surface area contributed by atoms with Gasteiger partial charge in [-0.15, -0.1) is 0 Å². The first-order valence-corrected chi connectivity index (χ1v) is 25.1. The molecule has 0 spiro atoms. The van der Waals surface area contributed by atoms with E-state index in [1.54, 1.807) is 0 Å². The maximum absolute atomic E-state index is 12.8. The van der Waals surface area contributed by atoms with E-state index in [4.69, 9.17) is 14.2 Å². The lowest BCUT2D eigenvalue weighted by atomic mass is 10.1. The quantitative estimate of drug-likeness (QED) is 0.0282. The lowest BCUT2D eigenvalue weighted by molar-refractivity contribution is -0.887. The van der Waals surface area contributed by atoms with Crippen molar-refractivity contribution in [3.8, 4) is 0 Å². The standard InChI is InChI=1S/C57H91NO7/c1-6-8-10-12-14-16-18-20-22-24-26-27-28-30-31-33-35-37-39-41-43-45-47-55(59)64-52-53(51-63-50-49-54(57(61)62)58(3,4)5)65-56(60)48-46-44-42-40-38-36-34-32-29-25-23-21-19-17-15-13-11-9-7-2/h8-11,14-17,20-23,26-27,29-32,35,37,53-54H,6-7,12-13,18-19,24-25,28,33-34,36,38-52H2,1-5H3/p+1/b10-8+,11-9+,16-14+,17-15+,22-20+,23-21+,27-26+,31-30+,32-29+,37-35+. The van der Waals surface area contributed by atoms with Crippen LogP contribution < -0.4 is 0 Å². The monoisotopic (exact) mass is 903 g/mol. The van der Waals surface area contributed by atoms with Crippen LogP contribution in [-0.2, 0) is 28.6 Å². The molecule has 0 rings (SSSR count). The van der Waals surface area contributed by atoms with Gasteiger partial charge in [-0.25, -0.2) is 4.79 Å². The Labute approximate surface area is 397 Å². The molecule has 0 aliphatic carbocycles. The van der Waals surface area contributed by atoms with E-state index >= 15 is 0 Å². The highest BCUT2D eigenvalue weighted by atomic mass is 16.6. The van der Waals surface area contributed by atoms with Gasteiger partial charge in [0, 0.05) is 19.3 Å². The molecule has 2 atom stereocenters. The van der Waals surface area contributed by atoms with E-state index in [2.05, 4.69) is 135 Å². The van der Waals surface area contributed by atoms with Gasteiger partial charge < -0.3 is 23.8 Å². The minimum absolute atomic E-state index is 0.0355. The highest BCUT2D eigenvalue weighted by Gasteiger charge is 2.31. The normalized spacial score (nSPS) is 13.9. The Hall–Kier alpha value is -4.27. The zero-order chi connectivity index (χ0) is 47.7. The molecule has 0 bridgehead atoms. The fraction of sp³-hybridized carbons (Fsp3) is 0.596. The number of carboxylic acid groups (broad SMARTS) is 1. The Morgan fingerprint density at radius 2 is 0.815 bits per heavy atom. The van der Waals surface area contributed by atoms with Gasteiger partial charge in [0.15, 0.2) is 12.1 Å². The van der Waals surface area contributed by atoms with Gasteiger partial charge in [0.25, 0.3) is 0 Å². The molecule has 2 unspecified atom stereocenters. The molecule has 0 amide bonds. The predicted molar refractivity (Wildman–Crippen MR) is 275 cm³/mol. The van der Waals surface area contributed by atoms with Crippen LogP contribution in [-0.4, -0.2) is 80.6 Å². The third-order valence-electron chi connectivity index (χ3n) is 10.4. The molecule has 0 aliphatic heterocycles. The first-order valence-electron chi connectivity index (χ1n) is 25.1. The van der Waals surface area contributed by atoms with Crippen molar-refractivity contribution in [1.29, 1.82) is 0 Å². The van der Waals surface area contributed by atoms with E-state index in [-0.39, 0.29) is 36.2 Å². The third kappa shape index (κ3) is 44.7. The Balaban J connectivity index is 4.39. The number of likely N-dealkylation sites (N-methyl/N-ethyl adjacent to an activating group) is 1. The number of esters is 2. The van der Waals surface area contributed by atoms with Crippen LogP contribution in [0.2, 0.25) is 0 Å². The second kappa shape index (κ2) is 46.3. The summed E-state index contributed by atoms with van der Waals surface area (Å²) in [5.41, 5.74) is 0. The summed E-state index contributed by atoms with van der Waals surface area (Å²) in [6, 6.07) is -0.632.